The maximum Gasteiger partial charge on any atom is 0.341 e. The zero-order valence-corrected chi connectivity index (χ0v) is 15.6. The quantitative estimate of drug-likeness (QED) is 0.791. The molecule has 6 heteroatoms. The summed E-state index contributed by atoms with van der Waals surface area (Å²) in [5.41, 5.74) is 2.06. The predicted molar refractivity (Wildman–Crippen MR) is 97.5 cm³/mol. The molecule has 0 fully saturated rings. The molecule has 0 saturated heterocycles. The second-order valence-electron chi connectivity index (χ2n) is 6.54. The molecule has 2 heterocycles. The van der Waals surface area contributed by atoms with Crippen LogP contribution in [0.2, 0.25) is 0 Å². The number of hydrogen-bond acceptors (Lipinski definition) is 5. The van der Waals surface area contributed by atoms with E-state index < -0.39 is 0 Å². The fraction of sp³-hybridized carbons (Fsp3) is 0.474. The number of furan rings is 1. The molecule has 0 bridgehead atoms. The Hall–Kier alpha value is -2.08. The first-order valence-corrected chi connectivity index (χ1v) is 9.50. The Morgan fingerprint density at radius 1 is 1.44 bits per heavy atom. The number of hydrogen-bond donors (Lipinski definition) is 1. The minimum absolute atomic E-state index is 0.262. The van der Waals surface area contributed by atoms with Crippen LogP contribution in [0.5, 0.6) is 0 Å². The van der Waals surface area contributed by atoms with E-state index in [9.17, 15) is 9.59 Å². The fourth-order valence-corrected chi connectivity index (χ4v) is 4.51. The Morgan fingerprint density at radius 2 is 2.24 bits per heavy atom. The number of amides is 1. The van der Waals surface area contributed by atoms with E-state index >= 15 is 0 Å². The molecule has 0 saturated carbocycles. The number of thiophene rings is 1. The molecule has 0 aliphatic heterocycles. The molecular formula is C19H23NO4S. The Kier molecular flexibility index (Phi) is 5.27. The molecule has 3 rings (SSSR count). The molecule has 2 aromatic heterocycles. The van der Waals surface area contributed by atoms with E-state index in [-0.39, 0.29) is 11.9 Å². The highest BCUT2D eigenvalue weighted by Crippen LogP contribution is 2.40. The molecule has 0 spiro atoms. The first-order valence-electron chi connectivity index (χ1n) is 8.68. The van der Waals surface area contributed by atoms with Crippen LogP contribution in [0.1, 0.15) is 63.6 Å². The molecule has 0 aromatic carbocycles. The van der Waals surface area contributed by atoms with Crippen molar-refractivity contribution in [2.24, 2.45) is 5.92 Å². The number of aryl methyl sites for hydroxylation is 1. The lowest BCUT2D eigenvalue weighted by atomic mass is 9.88. The van der Waals surface area contributed by atoms with Crippen LogP contribution in [0.25, 0.3) is 0 Å². The number of carbonyl (C=O) groups is 2. The summed E-state index contributed by atoms with van der Waals surface area (Å²) in [7, 11) is 0. The van der Waals surface area contributed by atoms with Gasteiger partial charge in [-0.15, -0.1) is 11.3 Å². The molecule has 5 nitrogen and oxygen atoms in total. The molecule has 1 atom stereocenters. The highest BCUT2D eigenvalue weighted by Gasteiger charge is 2.29. The van der Waals surface area contributed by atoms with Gasteiger partial charge in [-0.25, -0.2) is 4.79 Å². The molecule has 134 valence electrons. The van der Waals surface area contributed by atoms with Gasteiger partial charge >= 0.3 is 5.97 Å². The van der Waals surface area contributed by atoms with Crippen molar-refractivity contribution in [3.63, 3.8) is 0 Å². The van der Waals surface area contributed by atoms with Gasteiger partial charge in [-0.2, -0.15) is 0 Å². The van der Waals surface area contributed by atoms with E-state index in [1.165, 1.54) is 22.5 Å². The molecule has 1 N–H and O–H groups in total. The third kappa shape index (κ3) is 3.63. The summed E-state index contributed by atoms with van der Waals surface area (Å²) >= 11 is 1.50. The van der Waals surface area contributed by atoms with E-state index in [2.05, 4.69) is 12.2 Å². The first-order chi connectivity index (χ1) is 12.0. The second-order valence-corrected chi connectivity index (χ2v) is 7.64. The summed E-state index contributed by atoms with van der Waals surface area (Å²) in [5.74, 6) is 0.545. The lowest BCUT2D eigenvalue weighted by molar-refractivity contribution is 0.0505. The number of rotatable bonds is 5. The van der Waals surface area contributed by atoms with Gasteiger partial charge in [0, 0.05) is 4.88 Å². The molecular weight excluding hydrogens is 338 g/mol. The van der Waals surface area contributed by atoms with E-state index in [1.807, 2.05) is 6.92 Å². The number of esters is 1. The van der Waals surface area contributed by atoms with Gasteiger partial charge in [0.2, 0.25) is 0 Å². The molecule has 1 aliphatic carbocycles. The topological polar surface area (TPSA) is 68.5 Å². The van der Waals surface area contributed by atoms with Gasteiger partial charge in [-0.05, 0) is 50.2 Å². The minimum Gasteiger partial charge on any atom is -0.469 e. The van der Waals surface area contributed by atoms with Gasteiger partial charge in [0.05, 0.1) is 24.0 Å². The standard InChI is InChI=1S/C19H23NO4S/c1-4-8-24-19(22)16-14-6-5-11(2)10-15(14)25-18(16)20-17(21)13-7-9-23-12(13)3/h7,9,11H,4-6,8,10H2,1-3H3,(H,20,21)/t11-/m0/s1. The highest BCUT2D eigenvalue weighted by atomic mass is 32.1. The number of anilines is 1. The number of carbonyl (C=O) groups excluding carboxylic acids is 2. The van der Waals surface area contributed by atoms with Crippen molar-refractivity contribution in [2.75, 3.05) is 11.9 Å². The lowest BCUT2D eigenvalue weighted by Gasteiger charge is -2.18. The largest absolute Gasteiger partial charge is 0.469 e. The second kappa shape index (κ2) is 7.44. The summed E-state index contributed by atoms with van der Waals surface area (Å²) in [6.45, 7) is 6.30. The first kappa shape index (κ1) is 17.7. The monoisotopic (exact) mass is 361 g/mol. The molecule has 1 amide bonds. The van der Waals surface area contributed by atoms with Gasteiger partial charge in [-0.1, -0.05) is 13.8 Å². The third-order valence-electron chi connectivity index (χ3n) is 4.48. The van der Waals surface area contributed by atoms with Crippen molar-refractivity contribution in [1.82, 2.24) is 0 Å². The van der Waals surface area contributed by atoms with Crippen molar-refractivity contribution in [3.8, 4) is 0 Å². The van der Waals surface area contributed by atoms with E-state index in [0.29, 0.717) is 34.4 Å². The lowest BCUT2D eigenvalue weighted by Crippen LogP contribution is -2.17. The van der Waals surface area contributed by atoms with Crippen LogP contribution in [-0.2, 0) is 17.6 Å². The van der Waals surface area contributed by atoms with E-state index in [1.54, 1.807) is 13.0 Å². The van der Waals surface area contributed by atoms with Crippen LogP contribution in [0.4, 0.5) is 5.00 Å². The maximum absolute atomic E-state index is 12.6. The van der Waals surface area contributed by atoms with Gasteiger partial charge < -0.3 is 14.5 Å². The SMILES string of the molecule is CCCOC(=O)c1c(NC(=O)c2ccoc2C)sc2c1CC[C@H](C)C2. The number of ether oxygens (including phenoxy) is 1. The molecule has 0 unspecified atom stereocenters. The van der Waals surface area contributed by atoms with Crippen molar-refractivity contribution in [3.05, 3.63) is 39.7 Å². The summed E-state index contributed by atoms with van der Waals surface area (Å²) in [6.07, 6.45) is 5.09. The van der Waals surface area contributed by atoms with Crippen LogP contribution >= 0.6 is 11.3 Å². The zero-order chi connectivity index (χ0) is 18.0. The predicted octanol–water partition coefficient (Wildman–Crippen LogP) is 4.59. The molecule has 1 aliphatic rings. The van der Waals surface area contributed by atoms with E-state index in [4.69, 9.17) is 9.15 Å². The smallest absolute Gasteiger partial charge is 0.341 e. The van der Waals surface area contributed by atoms with Gasteiger partial charge in [0.1, 0.15) is 10.8 Å². The molecule has 0 radical (unpaired) electrons. The Morgan fingerprint density at radius 3 is 2.92 bits per heavy atom. The number of fused-ring (bicyclic) bond motifs is 1. The molecule has 2 aromatic rings. The summed E-state index contributed by atoms with van der Waals surface area (Å²) in [4.78, 5) is 26.3. The van der Waals surface area contributed by atoms with Crippen molar-refractivity contribution >= 4 is 28.2 Å². The zero-order valence-electron chi connectivity index (χ0n) is 14.8. The average Bonchev–Trinajstić information content (AvgIpc) is 3.15. The Balaban J connectivity index is 1.93. The van der Waals surface area contributed by atoms with Crippen LogP contribution in [0, 0.1) is 12.8 Å². The molecule has 25 heavy (non-hydrogen) atoms. The van der Waals surface area contributed by atoms with Crippen molar-refractivity contribution in [1.29, 1.82) is 0 Å². The third-order valence-corrected chi connectivity index (χ3v) is 5.65. The fourth-order valence-electron chi connectivity index (χ4n) is 3.11. The normalized spacial score (nSPS) is 16.4. The highest BCUT2D eigenvalue weighted by molar-refractivity contribution is 7.17. The van der Waals surface area contributed by atoms with Crippen LogP contribution < -0.4 is 5.32 Å². The van der Waals surface area contributed by atoms with E-state index in [0.717, 1.165) is 31.2 Å². The van der Waals surface area contributed by atoms with Crippen LogP contribution in [0.15, 0.2) is 16.7 Å². The van der Waals surface area contributed by atoms with Gasteiger partial charge in [0.25, 0.3) is 5.91 Å². The summed E-state index contributed by atoms with van der Waals surface area (Å²) < 4.78 is 10.6. The van der Waals surface area contributed by atoms with Crippen LogP contribution in [0.3, 0.4) is 0 Å². The van der Waals surface area contributed by atoms with Crippen LogP contribution in [-0.4, -0.2) is 18.5 Å². The Labute approximate surface area is 151 Å². The van der Waals surface area contributed by atoms with Crippen molar-refractivity contribution in [2.45, 2.75) is 46.5 Å². The minimum atomic E-state index is -0.340. The Bertz CT molecular complexity index is 789. The summed E-state index contributed by atoms with van der Waals surface area (Å²) in [5, 5.41) is 3.49. The maximum atomic E-state index is 12.6. The average molecular weight is 361 g/mol. The van der Waals surface area contributed by atoms with Gasteiger partial charge in [-0.3, -0.25) is 4.79 Å². The van der Waals surface area contributed by atoms with Gasteiger partial charge in [0.15, 0.2) is 0 Å². The van der Waals surface area contributed by atoms with Crippen molar-refractivity contribution < 1.29 is 18.7 Å². The number of nitrogens with one attached hydrogen (secondary N) is 1. The summed E-state index contributed by atoms with van der Waals surface area (Å²) in [6, 6.07) is 1.63.